The number of amides is 1. The largest absolute Gasteiger partial charge is 0.396 e. The Morgan fingerprint density at radius 2 is 2.17 bits per heavy atom. The van der Waals surface area contributed by atoms with Crippen LogP contribution >= 0.6 is 11.6 Å². The Morgan fingerprint density at radius 3 is 2.78 bits per heavy atom. The summed E-state index contributed by atoms with van der Waals surface area (Å²) in [5.41, 5.74) is 6.63. The van der Waals surface area contributed by atoms with Gasteiger partial charge in [0.2, 0.25) is 12.4 Å². The van der Waals surface area contributed by atoms with E-state index in [4.69, 9.17) is 22.4 Å². The van der Waals surface area contributed by atoms with Crippen molar-refractivity contribution >= 4 is 29.6 Å². The van der Waals surface area contributed by atoms with E-state index in [-0.39, 0.29) is 17.7 Å². The average Bonchev–Trinajstić information content (AvgIpc) is 2.27. The molecule has 0 bridgehead atoms. The molecular weight excluding hydrogens is 256 g/mol. The number of nitrogens with one attached hydrogen (secondary N) is 1. The average molecular weight is 271 g/mol. The van der Waals surface area contributed by atoms with Crippen molar-refractivity contribution in [3.63, 3.8) is 0 Å². The SMILES string of the molecule is Nc1nc(Cl)c(NC=O)c(CC2CC(CO)C2)n1. The van der Waals surface area contributed by atoms with Crippen molar-refractivity contribution < 1.29 is 9.90 Å². The van der Waals surface area contributed by atoms with Gasteiger partial charge < -0.3 is 16.2 Å². The maximum atomic E-state index is 10.5. The maximum Gasteiger partial charge on any atom is 0.221 e. The van der Waals surface area contributed by atoms with Gasteiger partial charge in [-0.05, 0) is 31.1 Å². The molecule has 1 fully saturated rings. The van der Waals surface area contributed by atoms with Crippen molar-refractivity contribution in [1.82, 2.24) is 9.97 Å². The van der Waals surface area contributed by atoms with Crippen LogP contribution < -0.4 is 11.1 Å². The maximum absolute atomic E-state index is 10.5. The highest BCUT2D eigenvalue weighted by atomic mass is 35.5. The van der Waals surface area contributed by atoms with Crippen LogP contribution in [0.1, 0.15) is 18.5 Å². The summed E-state index contributed by atoms with van der Waals surface area (Å²) >= 11 is 5.92. The van der Waals surface area contributed by atoms with Crippen LogP contribution in [0.2, 0.25) is 5.15 Å². The molecule has 1 aliphatic rings. The molecule has 1 heterocycles. The van der Waals surface area contributed by atoms with E-state index < -0.39 is 0 Å². The number of rotatable bonds is 5. The molecule has 1 aliphatic carbocycles. The second-order valence-electron chi connectivity index (χ2n) is 4.55. The second kappa shape index (κ2) is 5.49. The van der Waals surface area contributed by atoms with Crippen LogP contribution in [0.5, 0.6) is 0 Å². The molecule has 4 N–H and O–H groups in total. The summed E-state index contributed by atoms with van der Waals surface area (Å²) in [5.74, 6) is 0.927. The van der Waals surface area contributed by atoms with Gasteiger partial charge in [0.1, 0.15) is 5.69 Å². The minimum atomic E-state index is 0.101. The third kappa shape index (κ3) is 2.70. The van der Waals surface area contributed by atoms with E-state index in [1.165, 1.54) is 0 Å². The number of hydrogen-bond acceptors (Lipinski definition) is 5. The summed E-state index contributed by atoms with van der Waals surface area (Å²) in [6, 6.07) is 0. The standard InChI is InChI=1S/C11H15ClN4O2/c12-10-9(14-5-18)8(15-11(13)16-10)3-6-1-7(2-6)4-17/h5-7,17H,1-4H2,(H,14,18)(H2,13,15,16). The Kier molecular flexibility index (Phi) is 3.98. The number of nitrogens with zero attached hydrogens (tertiary/aromatic N) is 2. The van der Waals surface area contributed by atoms with Gasteiger partial charge in [0, 0.05) is 6.61 Å². The topological polar surface area (TPSA) is 101 Å². The Bertz CT molecular complexity index is 449. The number of nitrogens with two attached hydrogens (primary N) is 1. The van der Waals surface area contributed by atoms with Crippen LogP contribution in [0.25, 0.3) is 0 Å². The van der Waals surface area contributed by atoms with Crippen molar-refractivity contribution in [2.24, 2.45) is 11.8 Å². The van der Waals surface area contributed by atoms with E-state index in [1.807, 2.05) is 0 Å². The van der Waals surface area contributed by atoms with Gasteiger partial charge in [-0.25, -0.2) is 4.98 Å². The predicted octanol–water partition coefficient (Wildman–Crippen LogP) is 0.841. The summed E-state index contributed by atoms with van der Waals surface area (Å²) < 4.78 is 0. The van der Waals surface area contributed by atoms with Crippen LogP contribution in [0.4, 0.5) is 11.6 Å². The smallest absolute Gasteiger partial charge is 0.221 e. The van der Waals surface area contributed by atoms with Crippen molar-refractivity contribution in [1.29, 1.82) is 0 Å². The van der Waals surface area contributed by atoms with E-state index in [0.29, 0.717) is 36.0 Å². The molecule has 1 saturated carbocycles. The van der Waals surface area contributed by atoms with Gasteiger partial charge in [0.25, 0.3) is 0 Å². The molecule has 0 saturated heterocycles. The van der Waals surface area contributed by atoms with Crippen LogP contribution in [0.3, 0.4) is 0 Å². The molecule has 0 atom stereocenters. The fraction of sp³-hybridized carbons (Fsp3) is 0.545. The summed E-state index contributed by atoms with van der Waals surface area (Å²) in [6.07, 6.45) is 3.14. The molecule has 0 radical (unpaired) electrons. The Morgan fingerprint density at radius 1 is 1.44 bits per heavy atom. The lowest BCUT2D eigenvalue weighted by atomic mass is 9.73. The Hall–Kier alpha value is -1.40. The molecule has 0 spiro atoms. The normalized spacial score (nSPS) is 22.3. The number of nitrogen functional groups attached to an aromatic ring is 1. The van der Waals surface area contributed by atoms with Gasteiger partial charge in [0.15, 0.2) is 5.15 Å². The summed E-state index contributed by atoms with van der Waals surface area (Å²) in [4.78, 5) is 18.5. The first-order valence-corrected chi connectivity index (χ1v) is 6.14. The summed E-state index contributed by atoms with van der Waals surface area (Å²) in [6.45, 7) is 0.225. The van der Waals surface area contributed by atoms with Crippen LogP contribution in [0.15, 0.2) is 0 Å². The summed E-state index contributed by atoms with van der Waals surface area (Å²) in [7, 11) is 0. The third-order valence-electron chi connectivity index (χ3n) is 3.23. The summed E-state index contributed by atoms with van der Waals surface area (Å²) in [5, 5.41) is 11.6. The molecule has 6 nitrogen and oxygen atoms in total. The number of carbonyl (C=O) groups is 1. The molecule has 0 unspecified atom stereocenters. The number of hydrogen-bond donors (Lipinski definition) is 3. The fourth-order valence-electron chi connectivity index (χ4n) is 2.31. The first-order valence-electron chi connectivity index (χ1n) is 5.77. The molecule has 1 amide bonds. The van der Waals surface area contributed by atoms with Crippen molar-refractivity contribution in [3.8, 4) is 0 Å². The molecular formula is C11H15ClN4O2. The van der Waals surface area contributed by atoms with E-state index >= 15 is 0 Å². The lowest BCUT2D eigenvalue weighted by Gasteiger charge is -2.34. The lowest BCUT2D eigenvalue weighted by molar-refractivity contribution is -0.105. The minimum Gasteiger partial charge on any atom is -0.396 e. The minimum absolute atomic E-state index is 0.101. The third-order valence-corrected chi connectivity index (χ3v) is 3.51. The Balaban J connectivity index is 2.13. The van der Waals surface area contributed by atoms with Crippen molar-refractivity contribution in [2.45, 2.75) is 19.3 Å². The highest BCUT2D eigenvalue weighted by Crippen LogP contribution is 2.37. The van der Waals surface area contributed by atoms with Crippen LogP contribution in [-0.2, 0) is 11.2 Å². The zero-order valence-corrected chi connectivity index (χ0v) is 10.5. The number of aliphatic hydroxyl groups excluding tert-OH is 1. The van der Waals surface area contributed by atoms with E-state index in [9.17, 15) is 4.79 Å². The van der Waals surface area contributed by atoms with Gasteiger partial charge in [-0.15, -0.1) is 0 Å². The number of carbonyl (C=O) groups excluding carboxylic acids is 1. The molecule has 1 aromatic rings. The molecule has 1 aromatic heterocycles. The van der Waals surface area contributed by atoms with Crippen molar-refractivity contribution in [2.75, 3.05) is 17.7 Å². The molecule has 0 aromatic carbocycles. The van der Waals surface area contributed by atoms with Gasteiger partial charge >= 0.3 is 0 Å². The van der Waals surface area contributed by atoms with Crippen molar-refractivity contribution in [3.05, 3.63) is 10.8 Å². The van der Waals surface area contributed by atoms with Crippen LogP contribution in [0, 0.1) is 11.8 Å². The second-order valence-corrected chi connectivity index (χ2v) is 4.90. The first kappa shape index (κ1) is 13.0. The van der Waals surface area contributed by atoms with E-state index in [2.05, 4.69) is 15.3 Å². The van der Waals surface area contributed by atoms with Gasteiger partial charge in [0.05, 0.1) is 5.69 Å². The van der Waals surface area contributed by atoms with E-state index in [0.717, 1.165) is 12.8 Å². The molecule has 0 aliphatic heterocycles. The Labute approximate surface area is 110 Å². The first-order chi connectivity index (χ1) is 8.63. The lowest BCUT2D eigenvalue weighted by Crippen LogP contribution is -2.28. The van der Waals surface area contributed by atoms with Crippen LogP contribution in [-0.4, -0.2) is 28.1 Å². The zero-order valence-electron chi connectivity index (χ0n) is 9.77. The van der Waals surface area contributed by atoms with Gasteiger partial charge in [-0.3, -0.25) is 4.79 Å². The number of halogens is 1. The van der Waals surface area contributed by atoms with Gasteiger partial charge in [-0.2, -0.15) is 4.98 Å². The molecule has 18 heavy (non-hydrogen) atoms. The fourth-order valence-corrected chi connectivity index (χ4v) is 2.56. The number of aliphatic hydroxyl groups is 1. The van der Waals surface area contributed by atoms with Gasteiger partial charge in [-0.1, -0.05) is 11.6 Å². The molecule has 2 rings (SSSR count). The quantitative estimate of drug-likeness (QED) is 0.544. The highest BCUT2D eigenvalue weighted by Gasteiger charge is 2.30. The molecule has 7 heteroatoms. The number of anilines is 2. The molecule has 98 valence electrons. The predicted molar refractivity (Wildman–Crippen MR) is 68.1 cm³/mol. The highest BCUT2D eigenvalue weighted by molar-refractivity contribution is 6.32. The number of aromatic nitrogens is 2. The monoisotopic (exact) mass is 270 g/mol. The zero-order chi connectivity index (χ0) is 13.1. The van der Waals surface area contributed by atoms with E-state index in [1.54, 1.807) is 0 Å².